The van der Waals surface area contributed by atoms with Gasteiger partial charge >= 0.3 is 11.8 Å². The standard InChI is InChI=1S/C23H24N2O4/c1-29-21-12-5-3-8-17(21)15-25-23(28)22(27)24-14-13-20(26)19-11-6-9-16-7-2-4-10-18(16)19/h2-12,20,26H,13-15H2,1H3,(H,24,27)(H,25,28)/t20-/m0/s1. The number of carbonyl (C=O) groups excluding carboxylic acids is 2. The lowest BCUT2D eigenvalue weighted by Gasteiger charge is -2.14. The highest BCUT2D eigenvalue weighted by atomic mass is 16.5. The zero-order valence-electron chi connectivity index (χ0n) is 16.2. The molecule has 3 N–H and O–H groups in total. The van der Waals surface area contributed by atoms with Crippen molar-refractivity contribution in [3.63, 3.8) is 0 Å². The third-order valence-corrected chi connectivity index (χ3v) is 4.72. The lowest BCUT2D eigenvalue weighted by molar-refractivity contribution is -0.139. The molecule has 0 aliphatic heterocycles. The molecule has 150 valence electrons. The van der Waals surface area contributed by atoms with Crippen molar-refractivity contribution < 1.29 is 19.4 Å². The highest BCUT2D eigenvalue weighted by Crippen LogP contribution is 2.25. The second-order valence-electron chi connectivity index (χ2n) is 6.62. The molecule has 3 aromatic carbocycles. The Balaban J connectivity index is 1.49. The third-order valence-electron chi connectivity index (χ3n) is 4.72. The molecule has 0 aromatic heterocycles. The van der Waals surface area contributed by atoms with E-state index in [4.69, 9.17) is 4.74 Å². The number of hydrogen-bond donors (Lipinski definition) is 3. The number of fused-ring (bicyclic) bond motifs is 1. The number of rotatable bonds is 7. The molecule has 2 amide bonds. The Morgan fingerprint density at radius 1 is 0.931 bits per heavy atom. The summed E-state index contributed by atoms with van der Waals surface area (Å²) in [5.74, 6) is -0.813. The van der Waals surface area contributed by atoms with Crippen molar-refractivity contribution in [1.82, 2.24) is 10.6 Å². The van der Waals surface area contributed by atoms with Gasteiger partial charge in [0.2, 0.25) is 0 Å². The molecule has 0 unspecified atom stereocenters. The molecule has 1 atom stereocenters. The zero-order chi connectivity index (χ0) is 20.6. The van der Waals surface area contributed by atoms with Crippen LogP contribution in [0.1, 0.15) is 23.7 Å². The Labute approximate surface area is 169 Å². The molecule has 0 spiro atoms. The topological polar surface area (TPSA) is 87.7 Å². The summed E-state index contributed by atoms with van der Waals surface area (Å²) < 4.78 is 5.22. The Morgan fingerprint density at radius 2 is 1.62 bits per heavy atom. The molecule has 6 nitrogen and oxygen atoms in total. The normalized spacial score (nSPS) is 11.7. The zero-order valence-corrected chi connectivity index (χ0v) is 16.2. The van der Waals surface area contributed by atoms with Crippen LogP contribution in [0.4, 0.5) is 0 Å². The van der Waals surface area contributed by atoms with Gasteiger partial charge in [0.15, 0.2) is 0 Å². The first-order chi connectivity index (χ1) is 14.1. The summed E-state index contributed by atoms with van der Waals surface area (Å²) in [6.07, 6.45) is -0.433. The van der Waals surface area contributed by atoms with Crippen LogP contribution >= 0.6 is 0 Å². The van der Waals surface area contributed by atoms with Crippen molar-refractivity contribution in [3.05, 3.63) is 77.9 Å². The molecule has 0 saturated carbocycles. The van der Waals surface area contributed by atoms with Gasteiger partial charge < -0.3 is 20.5 Å². The summed E-state index contributed by atoms with van der Waals surface area (Å²) in [7, 11) is 1.55. The molecule has 0 saturated heterocycles. The van der Waals surface area contributed by atoms with Gasteiger partial charge in [-0.2, -0.15) is 0 Å². The average Bonchev–Trinajstić information content (AvgIpc) is 2.76. The molecule has 29 heavy (non-hydrogen) atoms. The van der Waals surface area contributed by atoms with Crippen LogP contribution in [0.3, 0.4) is 0 Å². The first kappa shape index (κ1) is 20.4. The molecular weight excluding hydrogens is 368 g/mol. The first-order valence-corrected chi connectivity index (χ1v) is 9.44. The van der Waals surface area contributed by atoms with Crippen molar-refractivity contribution in [1.29, 1.82) is 0 Å². The Morgan fingerprint density at radius 3 is 2.45 bits per heavy atom. The minimum Gasteiger partial charge on any atom is -0.496 e. The van der Waals surface area contributed by atoms with Crippen LogP contribution < -0.4 is 15.4 Å². The molecule has 3 aromatic rings. The summed E-state index contributed by atoms with van der Waals surface area (Å²) >= 11 is 0. The smallest absolute Gasteiger partial charge is 0.309 e. The van der Waals surface area contributed by atoms with Gasteiger partial charge in [-0.1, -0.05) is 60.7 Å². The predicted molar refractivity (Wildman–Crippen MR) is 111 cm³/mol. The van der Waals surface area contributed by atoms with Crippen molar-refractivity contribution in [2.75, 3.05) is 13.7 Å². The second-order valence-corrected chi connectivity index (χ2v) is 6.62. The molecule has 0 heterocycles. The Bertz CT molecular complexity index is 998. The number of para-hydroxylation sites is 1. The number of benzene rings is 3. The maximum absolute atomic E-state index is 12.0. The van der Waals surface area contributed by atoms with Crippen molar-refractivity contribution in [2.24, 2.45) is 0 Å². The number of amides is 2. The van der Waals surface area contributed by atoms with Gasteiger partial charge in [0.05, 0.1) is 13.2 Å². The first-order valence-electron chi connectivity index (χ1n) is 9.44. The van der Waals surface area contributed by atoms with E-state index < -0.39 is 17.9 Å². The van der Waals surface area contributed by atoms with E-state index in [9.17, 15) is 14.7 Å². The Hall–Kier alpha value is -3.38. The van der Waals surface area contributed by atoms with E-state index in [1.807, 2.05) is 60.7 Å². The SMILES string of the molecule is COc1ccccc1CNC(=O)C(=O)NCC[C@H](O)c1cccc2ccccc12. The molecule has 3 rings (SSSR count). The number of aliphatic hydroxyl groups excluding tert-OH is 1. The van der Waals surface area contributed by atoms with Gasteiger partial charge in [0.25, 0.3) is 0 Å². The summed E-state index contributed by atoms with van der Waals surface area (Å²) in [5, 5.41) is 17.7. The van der Waals surface area contributed by atoms with Crippen LogP contribution in [0.15, 0.2) is 66.7 Å². The van der Waals surface area contributed by atoms with Crippen molar-refractivity contribution in [2.45, 2.75) is 19.1 Å². The van der Waals surface area contributed by atoms with E-state index in [0.29, 0.717) is 12.2 Å². The van der Waals surface area contributed by atoms with Gasteiger partial charge in [0, 0.05) is 18.7 Å². The van der Waals surface area contributed by atoms with Crippen molar-refractivity contribution >= 4 is 22.6 Å². The molecule has 0 aliphatic rings. The van der Waals surface area contributed by atoms with Gasteiger partial charge in [-0.25, -0.2) is 0 Å². The fourth-order valence-corrected chi connectivity index (χ4v) is 3.20. The maximum atomic E-state index is 12.0. The average molecular weight is 392 g/mol. The van der Waals surface area contributed by atoms with E-state index in [0.717, 1.165) is 21.9 Å². The van der Waals surface area contributed by atoms with Gasteiger partial charge in [-0.15, -0.1) is 0 Å². The number of aliphatic hydroxyl groups is 1. The van der Waals surface area contributed by atoms with E-state index >= 15 is 0 Å². The predicted octanol–water partition coefficient (Wildman–Crippen LogP) is 2.70. The van der Waals surface area contributed by atoms with Crippen LogP contribution in [-0.4, -0.2) is 30.6 Å². The van der Waals surface area contributed by atoms with E-state index in [-0.39, 0.29) is 13.1 Å². The summed E-state index contributed by atoms with van der Waals surface area (Å²) in [6, 6.07) is 20.8. The minimum absolute atomic E-state index is 0.186. The van der Waals surface area contributed by atoms with E-state index in [1.165, 1.54) is 0 Å². The molecule has 0 fully saturated rings. The van der Waals surface area contributed by atoms with E-state index in [2.05, 4.69) is 10.6 Å². The number of ether oxygens (including phenoxy) is 1. The van der Waals surface area contributed by atoms with E-state index in [1.54, 1.807) is 13.2 Å². The van der Waals surface area contributed by atoms with Gasteiger partial charge in [-0.3, -0.25) is 9.59 Å². The molecule has 6 heteroatoms. The quantitative estimate of drug-likeness (QED) is 0.540. The Kier molecular flexibility index (Phi) is 6.81. The molecular formula is C23H24N2O4. The molecule has 0 aliphatic carbocycles. The number of hydrogen-bond acceptors (Lipinski definition) is 4. The highest BCUT2D eigenvalue weighted by Gasteiger charge is 2.15. The fourth-order valence-electron chi connectivity index (χ4n) is 3.20. The van der Waals surface area contributed by atoms with Crippen LogP contribution in [0.5, 0.6) is 5.75 Å². The van der Waals surface area contributed by atoms with Crippen molar-refractivity contribution in [3.8, 4) is 5.75 Å². The summed E-state index contributed by atoms with van der Waals surface area (Å²) in [5.41, 5.74) is 1.58. The lowest BCUT2D eigenvalue weighted by atomic mass is 9.99. The summed E-state index contributed by atoms with van der Waals surface area (Å²) in [4.78, 5) is 24.0. The fraction of sp³-hybridized carbons (Fsp3) is 0.217. The largest absolute Gasteiger partial charge is 0.496 e. The van der Waals surface area contributed by atoms with Gasteiger partial charge in [-0.05, 0) is 28.8 Å². The second kappa shape index (κ2) is 9.71. The maximum Gasteiger partial charge on any atom is 0.309 e. The van der Waals surface area contributed by atoms with Crippen LogP contribution in [0.25, 0.3) is 10.8 Å². The summed E-state index contributed by atoms with van der Waals surface area (Å²) in [6.45, 7) is 0.375. The highest BCUT2D eigenvalue weighted by molar-refractivity contribution is 6.35. The molecule has 0 radical (unpaired) electrons. The number of carbonyl (C=O) groups is 2. The number of nitrogens with one attached hydrogen (secondary N) is 2. The lowest BCUT2D eigenvalue weighted by Crippen LogP contribution is -2.40. The van der Waals surface area contributed by atoms with Gasteiger partial charge in [0.1, 0.15) is 5.75 Å². The van der Waals surface area contributed by atoms with Crippen LogP contribution in [0, 0.1) is 0 Å². The van der Waals surface area contributed by atoms with Crippen LogP contribution in [0.2, 0.25) is 0 Å². The monoisotopic (exact) mass is 392 g/mol. The minimum atomic E-state index is -0.738. The third kappa shape index (κ3) is 5.12. The molecule has 0 bridgehead atoms. The van der Waals surface area contributed by atoms with Crippen LogP contribution in [-0.2, 0) is 16.1 Å². The number of methoxy groups -OCH3 is 1.